The zero-order valence-electron chi connectivity index (χ0n) is 20.6. The average molecular weight is 509 g/mol. The van der Waals surface area contributed by atoms with Gasteiger partial charge < -0.3 is 4.74 Å². The molecule has 1 saturated heterocycles. The monoisotopic (exact) mass is 508 g/mol. The lowest BCUT2D eigenvalue weighted by Crippen LogP contribution is -2.35. The molecule has 1 aliphatic heterocycles. The summed E-state index contributed by atoms with van der Waals surface area (Å²) in [5.41, 5.74) is 3.59. The SMILES string of the molecule is CC1(C)CON(Cc2ccccc2Cl)C1=O.CCOCN(C(=O)CCl)c1c(C)cccc1CC. The van der Waals surface area contributed by atoms with Crippen molar-refractivity contribution in [1.82, 2.24) is 5.06 Å². The number of hydroxylamine groups is 2. The number of para-hydroxylation sites is 1. The number of benzene rings is 2. The van der Waals surface area contributed by atoms with Gasteiger partial charge in [0.25, 0.3) is 5.91 Å². The molecule has 3 rings (SSSR count). The molecule has 1 fully saturated rings. The van der Waals surface area contributed by atoms with E-state index >= 15 is 0 Å². The molecule has 6 nitrogen and oxygen atoms in total. The number of ether oxygens (including phenoxy) is 1. The summed E-state index contributed by atoms with van der Waals surface area (Å²) in [6.45, 7) is 11.4. The molecule has 1 heterocycles. The van der Waals surface area contributed by atoms with E-state index in [9.17, 15) is 9.59 Å². The van der Waals surface area contributed by atoms with E-state index in [4.69, 9.17) is 32.8 Å². The molecule has 34 heavy (non-hydrogen) atoms. The molecule has 2 aromatic carbocycles. The molecule has 0 bridgehead atoms. The first-order valence-electron chi connectivity index (χ1n) is 11.4. The maximum absolute atomic E-state index is 12.0. The van der Waals surface area contributed by atoms with Gasteiger partial charge in [-0.3, -0.25) is 19.3 Å². The third-order valence-corrected chi connectivity index (χ3v) is 6.07. The second kappa shape index (κ2) is 13.1. The largest absolute Gasteiger partial charge is 0.361 e. The average Bonchev–Trinajstić information content (AvgIpc) is 3.08. The van der Waals surface area contributed by atoms with Crippen molar-refractivity contribution < 1.29 is 19.2 Å². The number of amides is 2. The van der Waals surface area contributed by atoms with Gasteiger partial charge in [0.1, 0.15) is 12.6 Å². The summed E-state index contributed by atoms with van der Waals surface area (Å²) >= 11 is 11.7. The molecule has 0 saturated carbocycles. The highest BCUT2D eigenvalue weighted by molar-refractivity contribution is 6.31. The van der Waals surface area contributed by atoms with E-state index in [0.717, 1.165) is 28.8 Å². The van der Waals surface area contributed by atoms with Gasteiger partial charge in [-0.15, -0.1) is 11.6 Å². The number of anilines is 1. The summed E-state index contributed by atoms with van der Waals surface area (Å²) in [6, 6.07) is 13.5. The van der Waals surface area contributed by atoms with Crippen molar-refractivity contribution in [2.45, 2.75) is 47.6 Å². The highest BCUT2D eigenvalue weighted by Gasteiger charge is 2.40. The van der Waals surface area contributed by atoms with Crippen molar-refractivity contribution in [2.75, 3.05) is 30.7 Å². The molecule has 8 heteroatoms. The van der Waals surface area contributed by atoms with Gasteiger partial charge in [0, 0.05) is 11.6 Å². The number of aryl methyl sites for hydroxylation is 2. The Morgan fingerprint density at radius 2 is 1.82 bits per heavy atom. The fraction of sp³-hybridized carbons (Fsp3) is 0.462. The normalized spacial score (nSPS) is 14.6. The molecule has 0 N–H and O–H groups in total. The maximum Gasteiger partial charge on any atom is 0.254 e. The molecule has 0 atom stereocenters. The smallest absolute Gasteiger partial charge is 0.254 e. The van der Waals surface area contributed by atoms with E-state index in [0.29, 0.717) is 24.8 Å². The van der Waals surface area contributed by atoms with Crippen molar-refractivity contribution in [2.24, 2.45) is 5.41 Å². The van der Waals surface area contributed by atoms with Gasteiger partial charge in [-0.1, -0.05) is 54.9 Å². The lowest BCUT2D eigenvalue weighted by atomic mass is 9.95. The van der Waals surface area contributed by atoms with Crippen LogP contribution in [0.2, 0.25) is 5.02 Å². The summed E-state index contributed by atoms with van der Waals surface area (Å²) in [7, 11) is 0. The Labute approximate surface area is 212 Å². The molecule has 0 unspecified atom stereocenters. The second-order valence-corrected chi connectivity index (χ2v) is 9.28. The minimum absolute atomic E-state index is 0.00687. The van der Waals surface area contributed by atoms with Crippen LogP contribution in [0.25, 0.3) is 0 Å². The Bertz CT molecular complexity index is 981. The number of rotatable bonds is 8. The van der Waals surface area contributed by atoms with Gasteiger partial charge in [0.15, 0.2) is 0 Å². The van der Waals surface area contributed by atoms with Crippen molar-refractivity contribution in [3.8, 4) is 0 Å². The number of hydrogen-bond donors (Lipinski definition) is 0. The number of halogens is 2. The molecule has 0 aliphatic carbocycles. The summed E-state index contributed by atoms with van der Waals surface area (Å²) in [6.07, 6.45) is 0.870. The van der Waals surface area contributed by atoms with Gasteiger partial charge in [-0.2, -0.15) is 0 Å². The van der Waals surface area contributed by atoms with Gasteiger partial charge >= 0.3 is 0 Å². The molecule has 2 amide bonds. The summed E-state index contributed by atoms with van der Waals surface area (Å²) in [4.78, 5) is 30.8. The fourth-order valence-electron chi connectivity index (χ4n) is 3.50. The van der Waals surface area contributed by atoms with E-state index in [-0.39, 0.29) is 24.4 Å². The van der Waals surface area contributed by atoms with E-state index in [1.54, 1.807) is 4.90 Å². The van der Waals surface area contributed by atoms with Crippen LogP contribution in [0.15, 0.2) is 42.5 Å². The van der Waals surface area contributed by atoms with Crippen LogP contribution in [0, 0.1) is 12.3 Å². The lowest BCUT2D eigenvalue weighted by Gasteiger charge is -2.25. The standard InChI is InChI=1S/C14H20ClNO2.C12H14ClNO2/c1-4-12-8-6-7-11(3)14(12)16(10-18-5-2)13(17)9-15;1-12(2)8-16-14(11(12)15)7-9-5-3-4-6-10(9)13/h6-8H,4-5,9-10H2,1-3H3;3-6H,7-8H2,1-2H3. The minimum Gasteiger partial charge on any atom is -0.361 e. The molecular formula is C26H34Cl2N2O4. The number of carbonyl (C=O) groups is 2. The molecule has 2 aromatic rings. The predicted molar refractivity (Wildman–Crippen MR) is 137 cm³/mol. The Hall–Kier alpha value is -2.12. The molecule has 0 radical (unpaired) electrons. The first-order chi connectivity index (χ1) is 16.2. The topological polar surface area (TPSA) is 59.1 Å². The van der Waals surface area contributed by atoms with Crippen LogP contribution >= 0.6 is 23.2 Å². The van der Waals surface area contributed by atoms with Crippen molar-refractivity contribution in [3.63, 3.8) is 0 Å². The fourth-order valence-corrected chi connectivity index (χ4v) is 3.84. The van der Waals surface area contributed by atoms with Crippen LogP contribution < -0.4 is 4.90 Å². The summed E-state index contributed by atoms with van der Waals surface area (Å²) < 4.78 is 5.37. The molecule has 0 spiro atoms. The summed E-state index contributed by atoms with van der Waals surface area (Å²) in [5, 5.41) is 2.05. The first kappa shape index (κ1) is 28.1. The molecule has 0 aromatic heterocycles. The Morgan fingerprint density at radius 1 is 1.15 bits per heavy atom. The number of alkyl halides is 1. The zero-order valence-corrected chi connectivity index (χ0v) is 22.1. The van der Waals surface area contributed by atoms with Crippen LogP contribution in [0.4, 0.5) is 5.69 Å². The third-order valence-electron chi connectivity index (χ3n) is 5.47. The molecule has 1 aliphatic rings. The van der Waals surface area contributed by atoms with E-state index in [1.807, 2.05) is 70.2 Å². The lowest BCUT2D eigenvalue weighted by molar-refractivity contribution is -0.165. The second-order valence-electron chi connectivity index (χ2n) is 8.60. The maximum atomic E-state index is 12.0. The van der Waals surface area contributed by atoms with Gasteiger partial charge in [0.2, 0.25) is 5.91 Å². The van der Waals surface area contributed by atoms with Crippen LogP contribution in [0.1, 0.15) is 44.4 Å². The van der Waals surface area contributed by atoms with Crippen LogP contribution in [-0.4, -0.2) is 42.7 Å². The number of nitrogens with zero attached hydrogens (tertiary/aromatic N) is 2. The Kier molecular flexibility index (Phi) is 10.8. The van der Waals surface area contributed by atoms with Gasteiger partial charge in [-0.05, 0) is 56.9 Å². The minimum atomic E-state index is -0.429. The van der Waals surface area contributed by atoms with Gasteiger partial charge in [-0.25, -0.2) is 5.06 Å². The predicted octanol–water partition coefficient (Wildman–Crippen LogP) is 5.76. The van der Waals surface area contributed by atoms with Crippen LogP contribution in [0.3, 0.4) is 0 Å². The van der Waals surface area contributed by atoms with Crippen molar-refractivity contribution in [3.05, 3.63) is 64.2 Å². The Balaban J connectivity index is 0.000000241. The third kappa shape index (κ3) is 7.19. The highest BCUT2D eigenvalue weighted by Crippen LogP contribution is 2.29. The first-order valence-corrected chi connectivity index (χ1v) is 12.3. The zero-order chi connectivity index (χ0) is 25.3. The Morgan fingerprint density at radius 3 is 2.38 bits per heavy atom. The quantitative estimate of drug-likeness (QED) is 0.335. The van der Waals surface area contributed by atoms with Gasteiger partial charge in [0.05, 0.1) is 24.3 Å². The highest BCUT2D eigenvalue weighted by atomic mass is 35.5. The molecular weight excluding hydrogens is 475 g/mol. The number of carbonyl (C=O) groups excluding carboxylic acids is 2. The summed E-state index contributed by atoms with van der Waals surface area (Å²) in [5.74, 6) is -0.161. The van der Waals surface area contributed by atoms with Crippen LogP contribution in [-0.2, 0) is 32.1 Å². The molecule has 186 valence electrons. The van der Waals surface area contributed by atoms with Crippen molar-refractivity contribution >= 4 is 40.7 Å². The van der Waals surface area contributed by atoms with Crippen molar-refractivity contribution in [1.29, 1.82) is 0 Å². The number of hydrogen-bond acceptors (Lipinski definition) is 4. The van der Waals surface area contributed by atoms with E-state index in [2.05, 4.69) is 6.92 Å². The van der Waals surface area contributed by atoms with Crippen LogP contribution in [0.5, 0.6) is 0 Å². The van der Waals surface area contributed by atoms with E-state index in [1.165, 1.54) is 5.06 Å². The van der Waals surface area contributed by atoms with E-state index < -0.39 is 5.41 Å².